The second kappa shape index (κ2) is 5.38. The molecule has 0 amide bonds. The predicted molar refractivity (Wildman–Crippen MR) is 59.4 cm³/mol. The number of rotatable bonds is 3. The Balaban J connectivity index is 2.70. The van der Waals surface area contributed by atoms with E-state index >= 15 is 0 Å². The van der Waals surface area contributed by atoms with Crippen LogP contribution < -0.4 is 5.32 Å². The molecule has 0 saturated heterocycles. The van der Waals surface area contributed by atoms with Gasteiger partial charge in [0.25, 0.3) is 0 Å². The summed E-state index contributed by atoms with van der Waals surface area (Å²) in [4.78, 5) is 0. The molecule has 92 valence electrons. The van der Waals surface area contributed by atoms with E-state index in [2.05, 4.69) is 21.2 Å². The van der Waals surface area contributed by atoms with Gasteiger partial charge in [-0.05, 0) is 18.2 Å². The van der Waals surface area contributed by atoms with E-state index in [0.29, 0.717) is 15.7 Å². The van der Waals surface area contributed by atoms with Crippen LogP contribution in [0.1, 0.15) is 5.56 Å². The number of hydrogen-bond donors (Lipinski definition) is 2. The zero-order valence-electron chi connectivity index (χ0n) is 8.42. The smallest absolute Gasteiger partial charge is 0.382 e. The first-order valence-electron chi connectivity index (χ1n) is 4.52. The van der Waals surface area contributed by atoms with Gasteiger partial charge >= 0.3 is 6.18 Å². The molecule has 0 radical (unpaired) electrons. The largest absolute Gasteiger partial charge is 0.416 e. The van der Waals surface area contributed by atoms with Crippen molar-refractivity contribution >= 4 is 21.6 Å². The molecule has 0 aliphatic heterocycles. The molecule has 0 aromatic heterocycles. The van der Waals surface area contributed by atoms with E-state index in [1.807, 2.05) is 6.07 Å². The van der Waals surface area contributed by atoms with E-state index in [9.17, 15) is 13.2 Å². The molecule has 1 rings (SSSR count). The van der Waals surface area contributed by atoms with Crippen molar-refractivity contribution in [1.82, 2.24) is 0 Å². The molecule has 0 fully saturated rings. The highest BCUT2D eigenvalue weighted by molar-refractivity contribution is 9.10. The highest BCUT2D eigenvalue weighted by Gasteiger charge is 2.37. The molecule has 0 saturated carbocycles. The Morgan fingerprint density at radius 2 is 2.06 bits per heavy atom. The fourth-order valence-electron chi connectivity index (χ4n) is 1.09. The van der Waals surface area contributed by atoms with Crippen LogP contribution in [0.5, 0.6) is 0 Å². The van der Waals surface area contributed by atoms with E-state index in [4.69, 9.17) is 10.4 Å². The first-order valence-corrected chi connectivity index (χ1v) is 5.31. The number of anilines is 1. The Bertz CT molecular complexity index is 442. The number of nitriles is 1. The Kier molecular flexibility index (Phi) is 4.37. The van der Waals surface area contributed by atoms with Crippen molar-refractivity contribution in [3.05, 3.63) is 28.2 Å². The topological polar surface area (TPSA) is 56.0 Å². The van der Waals surface area contributed by atoms with Gasteiger partial charge in [0.05, 0.1) is 11.6 Å². The number of benzene rings is 1. The van der Waals surface area contributed by atoms with Crippen LogP contribution in [0.4, 0.5) is 18.9 Å². The number of nitrogens with zero attached hydrogens (tertiary/aromatic N) is 1. The van der Waals surface area contributed by atoms with Crippen LogP contribution in [0, 0.1) is 11.3 Å². The van der Waals surface area contributed by atoms with E-state index in [0.717, 1.165) is 0 Å². The second-order valence-electron chi connectivity index (χ2n) is 3.28. The first-order chi connectivity index (χ1) is 7.82. The Morgan fingerprint density at radius 1 is 1.41 bits per heavy atom. The first kappa shape index (κ1) is 13.8. The van der Waals surface area contributed by atoms with Gasteiger partial charge in [-0.1, -0.05) is 15.9 Å². The zero-order valence-corrected chi connectivity index (χ0v) is 10.0. The highest BCUT2D eigenvalue weighted by atomic mass is 79.9. The summed E-state index contributed by atoms with van der Waals surface area (Å²) in [6.45, 7) is -0.662. The molecule has 1 unspecified atom stereocenters. The summed E-state index contributed by atoms with van der Waals surface area (Å²) in [5, 5.41) is 19.9. The monoisotopic (exact) mass is 308 g/mol. The van der Waals surface area contributed by atoms with E-state index in [1.54, 1.807) is 0 Å². The van der Waals surface area contributed by atoms with Gasteiger partial charge in [0.1, 0.15) is 0 Å². The maximum atomic E-state index is 12.0. The lowest BCUT2D eigenvalue weighted by Crippen LogP contribution is -2.35. The molecular weight excluding hydrogens is 301 g/mol. The van der Waals surface area contributed by atoms with E-state index in [1.165, 1.54) is 18.2 Å². The van der Waals surface area contributed by atoms with Gasteiger partial charge in [-0.25, -0.2) is 0 Å². The van der Waals surface area contributed by atoms with Crippen LogP contribution in [0.3, 0.4) is 0 Å². The Hall–Kier alpha value is -1.26. The molecular formula is C10H8BrF3N2O. The maximum absolute atomic E-state index is 12.0. The summed E-state index contributed by atoms with van der Waals surface area (Å²) in [7, 11) is 0. The summed E-state index contributed by atoms with van der Waals surface area (Å²) in [5.74, 6) is 0. The number of aliphatic hydroxyl groups is 1. The summed E-state index contributed by atoms with van der Waals surface area (Å²) in [6, 6.07) is 6.32. The molecule has 7 heteroatoms. The van der Waals surface area contributed by atoms with Gasteiger partial charge < -0.3 is 10.4 Å². The Labute approximate surface area is 104 Å². The number of alkyl halides is 3. The summed E-state index contributed by atoms with van der Waals surface area (Å²) in [5.41, 5.74) is 0.641. The van der Waals surface area contributed by atoms with E-state index in [-0.39, 0.29) is 0 Å². The molecule has 17 heavy (non-hydrogen) atoms. The normalized spacial score (nSPS) is 12.9. The van der Waals surface area contributed by atoms with Gasteiger partial charge in [-0.15, -0.1) is 0 Å². The van der Waals surface area contributed by atoms with Crippen LogP contribution in [-0.4, -0.2) is 23.9 Å². The van der Waals surface area contributed by atoms with Crippen molar-refractivity contribution in [2.75, 3.05) is 11.9 Å². The third-order valence-electron chi connectivity index (χ3n) is 1.90. The van der Waals surface area contributed by atoms with E-state index < -0.39 is 18.8 Å². The van der Waals surface area contributed by atoms with Gasteiger partial charge in [0.2, 0.25) is 0 Å². The van der Waals surface area contributed by atoms with Crippen molar-refractivity contribution in [3.63, 3.8) is 0 Å². The highest BCUT2D eigenvalue weighted by Crippen LogP contribution is 2.22. The minimum Gasteiger partial charge on any atom is -0.382 e. The molecule has 0 aliphatic rings. The number of hydrogen-bond acceptors (Lipinski definition) is 3. The number of nitrogens with one attached hydrogen (secondary N) is 1. The summed E-state index contributed by atoms with van der Waals surface area (Å²) < 4.78 is 36.6. The van der Waals surface area contributed by atoms with Gasteiger partial charge in [0, 0.05) is 16.7 Å². The predicted octanol–water partition coefficient (Wildman–Crippen LogP) is 2.66. The molecule has 2 N–H and O–H groups in total. The fraction of sp³-hybridized carbons (Fsp3) is 0.300. The van der Waals surface area contributed by atoms with Crippen LogP contribution in [0.2, 0.25) is 0 Å². The minimum atomic E-state index is -4.66. The quantitative estimate of drug-likeness (QED) is 0.902. The molecule has 1 atom stereocenters. The lowest BCUT2D eigenvalue weighted by atomic mass is 10.2. The minimum absolute atomic E-state index is 0.309. The fourth-order valence-corrected chi connectivity index (χ4v) is 1.58. The number of halogens is 4. The SMILES string of the molecule is N#Cc1cc(Br)cc(NCC(O)C(F)(F)F)c1. The molecule has 0 spiro atoms. The zero-order chi connectivity index (χ0) is 13.1. The molecule has 0 aliphatic carbocycles. The third-order valence-corrected chi connectivity index (χ3v) is 2.36. The molecule has 0 heterocycles. The Morgan fingerprint density at radius 3 is 2.59 bits per heavy atom. The van der Waals surface area contributed by atoms with Gasteiger partial charge in [0.15, 0.2) is 6.10 Å². The molecule has 1 aromatic carbocycles. The average Bonchev–Trinajstić information content (AvgIpc) is 2.23. The van der Waals surface area contributed by atoms with Crippen LogP contribution >= 0.6 is 15.9 Å². The summed E-state index contributed by atoms with van der Waals surface area (Å²) in [6.07, 6.45) is -7.09. The van der Waals surface area contributed by atoms with Crippen molar-refractivity contribution in [3.8, 4) is 6.07 Å². The van der Waals surface area contributed by atoms with Crippen molar-refractivity contribution in [2.45, 2.75) is 12.3 Å². The van der Waals surface area contributed by atoms with Crippen LogP contribution in [0.15, 0.2) is 22.7 Å². The average molecular weight is 309 g/mol. The van der Waals surface area contributed by atoms with Crippen LogP contribution in [-0.2, 0) is 0 Å². The molecule has 1 aromatic rings. The number of aliphatic hydroxyl groups excluding tert-OH is 1. The van der Waals surface area contributed by atoms with Crippen molar-refractivity contribution in [1.29, 1.82) is 5.26 Å². The lowest BCUT2D eigenvalue weighted by Gasteiger charge is -2.16. The van der Waals surface area contributed by atoms with Crippen molar-refractivity contribution in [2.24, 2.45) is 0 Å². The van der Waals surface area contributed by atoms with Gasteiger partial charge in [-0.2, -0.15) is 18.4 Å². The second-order valence-corrected chi connectivity index (χ2v) is 4.19. The van der Waals surface area contributed by atoms with Crippen LogP contribution in [0.25, 0.3) is 0 Å². The molecule has 0 bridgehead atoms. The summed E-state index contributed by atoms with van der Waals surface area (Å²) >= 11 is 3.12. The van der Waals surface area contributed by atoms with Gasteiger partial charge in [-0.3, -0.25) is 0 Å². The lowest BCUT2D eigenvalue weighted by molar-refractivity contribution is -0.198. The molecule has 3 nitrogen and oxygen atoms in total. The standard InChI is InChI=1S/C10H8BrF3N2O/c11-7-1-6(4-15)2-8(3-7)16-5-9(17)10(12,13)14/h1-3,9,16-17H,5H2. The third kappa shape index (κ3) is 4.24. The van der Waals surface area contributed by atoms with Crippen molar-refractivity contribution < 1.29 is 18.3 Å². The maximum Gasteiger partial charge on any atom is 0.416 e.